The number of hydrogen-bond donors (Lipinski definition) is 0. The molecule has 0 spiro atoms. The highest BCUT2D eigenvalue weighted by atomic mass is 79.9. The molecule has 0 N–H and O–H groups in total. The van der Waals surface area contributed by atoms with E-state index in [-0.39, 0.29) is 4.83 Å². The second-order valence-corrected chi connectivity index (χ2v) is 4.11. The summed E-state index contributed by atoms with van der Waals surface area (Å²) in [4.78, 5) is -0.269. The summed E-state index contributed by atoms with van der Waals surface area (Å²) in [6.07, 6.45) is 0. The van der Waals surface area contributed by atoms with Crippen molar-refractivity contribution in [1.82, 2.24) is 0 Å². The minimum absolute atomic E-state index is 0.269. The summed E-state index contributed by atoms with van der Waals surface area (Å²) in [7, 11) is 0. The number of nitrogens with zero attached hydrogens (tertiary/aromatic N) is 2. The van der Waals surface area contributed by atoms with Gasteiger partial charge in [0.1, 0.15) is 5.92 Å². The fraction of sp³-hybridized carbons (Fsp3) is 0.200. The number of rotatable bonds is 2. The number of benzene rings is 1. The quantitative estimate of drug-likeness (QED) is 0.772. The molecule has 1 rings (SSSR count). The van der Waals surface area contributed by atoms with Crippen LogP contribution >= 0.6 is 27.5 Å². The molecular weight excluding hydrogens is 263 g/mol. The van der Waals surface area contributed by atoms with Crippen LogP contribution in [0.2, 0.25) is 5.02 Å². The lowest BCUT2D eigenvalue weighted by atomic mass is 10.0. The van der Waals surface area contributed by atoms with E-state index in [0.29, 0.717) is 5.02 Å². The first kappa shape index (κ1) is 11.0. The molecule has 2 nitrogen and oxygen atoms in total. The highest BCUT2D eigenvalue weighted by Gasteiger charge is 2.19. The fourth-order valence-corrected chi connectivity index (χ4v) is 1.67. The third-order valence-electron chi connectivity index (χ3n) is 1.76. The summed E-state index contributed by atoms with van der Waals surface area (Å²) < 4.78 is 0. The molecule has 4 heteroatoms. The summed E-state index contributed by atoms with van der Waals surface area (Å²) in [5, 5.41) is 18.0. The maximum Gasteiger partial charge on any atom is 0.149 e. The molecule has 14 heavy (non-hydrogen) atoms. The second-order valence-electron chi connectivity index (χ2n) is 2.69. The van der Waals surface area contributed by atoms with Crippen molar-refractivity contribution in [2.45, 2.75) is 4.83 Å². The SMILES string of the molecule is N#CC(C#N)C(Br)c1ccc(Cl)cc1. The number of nitriles is 2. The lowest BCUT2D eigenvalue weighted by molar-refractivity contribution is 0.825. The fourth-order valence-electron chi connectivity index (χ4n) is 0.999. The van der Waals surface area contributed by atoms with Crippen LogP contribution in [-0.2, 0) is 0 Å². The molecule has 1 aromatic carbocycles. The average molecular weight is 270 g/mol. The predicted molar refractivity (Wildman–Crippen MR) is 57.8 cm³/mol. The molecule has 1 aromatic rings. The molecule has 0 aromatic heterocycles. The molecule has 0 radical (unpaired) electrons. The van der Waals surface area contributed by atoms with E-state index in [1.54, 1.807) is 24.3 Å². The second kappa shape index (κ2) is 5.00. The van der Waals surface area contributed by atoms with Crippen LogP contribution in [0.3, 0.4) is 0 Å². The van der Waals surface area contributed by atoms with Crippen LogP contribution in [0.5, 0.6) is 0 Å². The van der Waals surface area contributed by atoms with Crippen molar-refractivity contribution in [3.63, 3.8) is 0 Å². The summed E-state index contributed by atoms with van der Waals surface area (Å²) in [5.74, 6) is -0.684. The van der Waals surface area contributed by atoms with Crippen LogP contribution < -0.4 is 0 Å². The molecule has 0 aliphatic rings. The summed E-state index contributed by atoms with van der Waals surface area (Å²) in [6.45, 7) is 0. The lowest BCUT2D eigenvalue weighted by Gasteiger charge is -2.09. The van der Waals surface area contributed by atoms with Crippen LogP contribution in [0.25, 0.3) is 0 Å². The Hall–Kier alpha value is -1.03. The summed E-state index contributed by atoms with van der Waals surface area (Å²) in [6, 6.07) is 10.9. The van der Waals surface area contributed by atoms with E-state index in [1.807, 2.05) is 12.1 Å². The lowest BCUT2D eigenvalue weighted by Crippen LogP contribution is -2.02. The minimum Gasteiger partial charge on any atom is -0.197 e. The standard InChI is InChI=1S/C10H6BrClN2/c11-10(8(5-13)6-14)7-1-3-9(12)4-2-7/h1-4,8,10H. The maximum atomic E-state index is 8.68. The Bertz CT molecular complexity index is 374. The van der Waals surface area contributed by atoms with E-state index in [0.717, 1.165) is 5.56 Å². The van der Waals surface area contributed by atoms with Crippen molar-refractivity contribution in [3.05, 3.63) is 34.9 Å². The number of halogens is 2. The van der Waals surface area contributed by atoms with E-state index in [9.17, 15) is 0 Å². The molecule has 0 fully saturated rings. The molecule has 0 saturated heterocycles. The Morgan fingerprint density at radius 3 is 2.07 bits per heavy atom. The first-order valence-corrected chi connectivity index (χ1v) is 5.17. The molecule has 0 saturated carbocycles. The van der Waals surface area contributed by atoms with Gasteiger partial charge in [-0.1, -0.05) is 39.7 Å². The maximum absolute atomic E-state index is 8.68. The smallest absolute Gasteiger partial charge is 0.149 e. The molecule has 70 valence electrons. The number of hydrogen-bond acceptors (Lipinski definition) is 2. The minimum atomic E-state index is -0.684. The zero-order valence-electron chi connectivity index (χ0n) is 7.11. The molecule has 1 atom stereocenters. The largest absolute Gasteiger partial charge is 0.197 e. The normalized spacial score (nSPS) is 11.8. The molecule has 0 bridgehead atoms. The van der Waals surface area contributed by atoms with E-state index in [1.165, 1.54) is 0 Å². The van der Waals surface area contributed by atoms with Gasteiger partial charge in [-0.15, -0.1) is 0 Å². The molecule has 0 aliphatic heterocycles. The third kappa shape index (κ3) is 2.48. The van der Waals surface area contributed by atoms with Crippen molar-refractivity contribution in [2.24, 2.45) is 5.92 Å². The van der Waals surface area contributed by atoms with Crippen LogP contribution in [0.4, 0.5) is 0 Å². The van der Waals surface area contributed by atoms with Crippen molar-refractivity contribution >= 4 is 27.5 Å². The Balaban J connectivity index is 2.91. The van der Waals surface area contributed by atoms with Gasteiger partial charge >= 0.3 is 0 Å². The topological polar surface area (TPSA) is 47.6 Å². The van der Waals surface area contributed by atoms with E-state index in [2.05, 4.69) is 15.9 Å². The first-order valence-electron chi connectivity index (χ1n) is 3.88. The van der Waals surface area contributed by atoms with Gasteiger partial charge in [-0.05, 0) is 17.7 Å². The van der Waals surface area contributed by atoms with Crippen molar-refractivity contribution < 1.29 is 0 Å². The highest BCUT2D eigenvalue weighted by molar-refractivity contribution is 9.09. The monoisotopic (exact) mass is 268 g/mol. The van der Waals surface area contributed by atoms with Crippen LogP contribution in [0.1, 0.15) is 10.4 Å². The van der Waals surface area contributed by atoms with Crippen LogP contribution in [0, 0.1) is 28.6 Å². The Labute approximate surface area is 95.8 Å². The average Bonchev–Trinajstić information content (AvgIpc) is 2.20. The van der Waals surface area contributed by atoms with Gasteiger partial charge in [0.25, 0.3) is 0 Å². The zero-order chi connectivity index (χ0) is 10.6. The molecule has 0 heterocycles. The van der Waals surface area contributed by atoms with Gasteiger partial charge in [-0.3, -0.25) is 0 Å². The molecular formula is C10H6BrClN2. The van der Waals surface area contributed by atoms with Gasteiger partial charge in [0.15, 0.2) is 0 Å². The summed E-state index contributed by atoms with van der Waals surface area (Å²) >= 11 is 9.03. The van der Waals surface area contributed by atoms with Gasteiger partial charge in [0.05, 0.1) is 17.0 Å². The van der Waals surface area contributed by atoms with Crippen LogP contribution in [-0.4, -0.2) is 0 Å². The van der Waals surface area contributed by atoms with Crippen molar-refractivity contribution in [3.8, 4) is 12.1 Å². The third-order valence-corrected chi connectivity index (χ3v) is 3.07. The Morgan fingerprint density at radius 2 is 1.64 bits per heavy atom. The van der Waals surface area contributed by atoms with Crippen molar-refractivity contribution in [1.29, 1.82) is 10.5 Å². The van der Waals surface area contributed by atoms with Gasteiger partial charge < -0.3 is 0 Å². The zero-order valence-corrected chi connectivity index (χ0v) is 9.46. The van der Waals surface area contributed by atoms with E-state index >= 15 is 0 Å². The van der Waals surface area contributed by atoms with Crippen LogP contribution in [0.15, 0.2) is 24.3 Å². The van der Waals surface area contributed by atoms with E-state index < -0.39 is 5.92 Å². The predicted octanol–water partition coefficient (Wildman–Crippen LogP) is 3.44. The molecule has 0 amide bonds. The van der Waals surface area contributed by atoms with E-state index in [4.69, 9.17) is 22.1 Å². The Morgan fingerprint density at radius 1 is 1.14 bits per heavy atom. The molecule has 0 aliphatic carbocycles. The highest BCUT2D eigenvalue weighted by Crippen LogP contribution is 2.30. The van der Waals surface area contributed by atoms with Gasteiger partial charge in [-0.25, -0.2) is 0 Å². The molecule has 1 unspecified atom stereocenters. The van der Waals surface area contributed by atoms with Crippen molar-refractivity contribution in [2.75, 3.05) is 0 Å². The Kier molecular flexibility index (Phi) is 3.95. The first-order chi connectivity index (χ1) is 6.69. The van der Waals surface area contributed by atoms with Gasteiger partial charge in [-0.2, -0.15) is 10.5 Å². The van der Waals surface area contributed by atoms with Gasteiger partial charge in [0.2, 0.25) is 0 Å². The van der Waals surface area contributed by atoms with Gasteiger partial charge in [0, 0.05) is 5.02 Å². The number of alkyl halides is 1. The summed E-state index contributed by atoms with van der Waals surface area (Å²) in [5.41, 5.74) is 0.877.